The number of pyridine rings is 1. The lowest BCUT2D eigenvalue weighted by Crippen LogP contribution is -3.00. The molecule has 1 aromatic heterocycles. The second kappa shape index (κ2) is 8.95. The summed E-state index contributed by atoms with van der Waals surface area (Å²) < 4.78 is 2.29. The van der Waals surface area contributed by atoms with Gasteiger partial charge in [-0.05, 0) is 42.7 Å². The maximum absolute atomic E-state index is 2.53. The van der Waals surface area contributed by atoms with Crippen molar-refractivity contribution in [1.82, 2.24) is 0 Å². The number of aryl methyl sites for hydroxylation is 1. The van der Waals surface area contributed by atoms with Gasteiger partial charge < -0.3 is 33.8 Å². The standard InChI is InChI=1S/C24H28N3.HI/c1-25(2)20-13-10-19(11-14-20)12-15-21-18-24(27-16-6-7-17-27)22-8-4-5-9-23(22)26(21)3;/h4-5,8-15,18H,6-7,16-17H2,1-3H3;1H/q+1;/p-1. The number of benzene rings is 2. The summed E-state index contributed by atoms with van der Waals surface area (Å²) in [6.45, 7) is 2.32. The van der Waals surface area contributed by atoms with Crippen LogP contribution >= 0.6 is 0 Å². The molecule has 4 rings (SSSR count). The van der Waals surface area contributed by atoms with Gasteiger partial charge in [-0.2, -0.15) is 4.57 Å². The van der Waals surface area contributed by atoms with E-state index in [9.17, 15) is 0 Å². The maximum Gasteiger partial charge on any atom is 0.214 e. The van der Waals surface area contributed by atoms with Crippen molar-refractivity contribution in [1.29, 1.82) is 0 Å². The molecule has 2 aromatic carbocycles. The molecule has 0 radical (unpaired) electrons. The van der Waals surface area contributed by atoms with Crippen molar-refractivity contribution in [2.24, 2.45) is 7.05 Å². The van der Waals surface area contributed by atoms with Gasteiger partial charge in [0.2, 0.25) is 11.2 Å². The molecule has 1 fully saturated rings. The van der Waals surface area contributed by atoms with Crippen LogP contribution in [-0.4, -0.2) is 27.2 Å². The van der Waals surface area contributed by atoms with E-state index in [1.807, 2.05) is 0 Å². The first-order chi connectivity index (χ1) is 13.1. The Balaban J connectivity index is 0.00000225. The fraction of sp³-hybridized carbons (Fsp3) is 0.292. The van der Waals surface area contributed by atoms with E-state index in [0.29, 0.717) is 0 Å². The van der Waals surface area contributed by atoms with Crippen LogP contribution in [-0.2, 0) is 7.05 Å². The summed E-state index contributed by atoms with van der Waals surface area (Å²) in [5.41, 5.74) is 6.32. The fourth-order valence-corrected chi connectivity index (χ4v) is 3.88. The zero-order valence-electron chi connectivity index (χ0n) is 16.9. The van der Waals surface area contributed by atoms with Crippen LogP contribution in [0.25, 0.3) is 23.1 Å². The lowest BCUT2D eigenvalue weighted by molar-refractivity contribution is -0.646. The Morgan fingerprint density at radius 3 is 2.29 bits per heavy atom. The molecule has 0 N–H and O–H groups in total. The van der Waals surface area contributed by atoms with Crippen molar-refractivity contribution in [3.8, 4) is 0 Å². The number of para-hydroxylation sites is 1. The van der Waals surface area contributed by atoms with Gasteiger partial charge in [0.25, 0.3) is 0 Å². The van der Waals surface area contributed by atoms with Gasteiger partial charge in [-0.1, -0.05) is 24.3 Å². The number of nitrogens with zero attached hydrogens (tertiary/aromatic N) is 3. The number of aromatic nitrogens is 1. The molecule has 4 heteroatoms. The van der Waals surface area contributed by atoms with Crippen molar-refractivity contribution in [3.05, 3.63) is 65.9 Å². The van der Waals surface area contributed by atoms with E-state index in [2.05, 4.69) is 102 Å². The van der Waals surface area contributed by atoms with E-state index in [0.717, 1.165) is 13.1 Å². The molecule has 0 bridgehead atoms. The van der Waals surface area contributed by atoms with Crippen LogP contribution in [0.1, 0.15) is 24.1 Å². The number of hydrogen-bond donors (Lipinski definition) is 0. The summed E-state index contributed by atoms with van der Waals surface area (Å²) in [5, 5.41) is 1.34. The summed E-state index contributed by atoms with van der Waals surface area (Å²) in [7, 11) is 6.30. The average Bonchev–Trinajstić information content (AvgIpc) is 3.22. The molecular weight excluding hydrogens is 457 g/mol. The van der Waals surface area contributed by atoms with Gasteiger partial charge in [0.05, 0.1) is 11.1 Å². The number of anilines is 2. The SMILES string of the molecule is CN(C)c1ccc(/C=C/c2cc(N3CCCC3)c3ccccc3[n+]2C)cc1.[I-]. The summed E-state index contributed by atoms with van der Waals surface area (Å²) in [6.07, 6.45) is 7.02. The lowest BCUT2D eigenvalue weighted by Gasteiger charge is -2.19. The molecule has 1 saturated heterocycles. The molecule has 0 saturated carbocycles. The molecule has 1 aliphatic heterocycles. The van der Waals surface area contributed by atoms with Gasteiger partial charge in [-0.15, -0.1) is 0 Å². The molecule has 146 valence electrons. The quantitative estimate of drug-likeness (QED) is 0.410. The van der Waals surface area contributed by atoms with Crippen molar-refractivity contribution < 1.29 is 28.5 Å². The van der Waals surface area contributed by atoms with Crippen LogP contribution in [0.2, 0.25) is 0 Å². The molecule has 28 heavy (non-hydrogen) atoms. The van der Waals surface area contributed by atoms with Crippen LogP contribution in [0.3, 0.4) is 0 Å². The molecular formula is C24H28IN3. The number of rotatable bonds is 4. The van der Waals surface area contributed by atoms with Crippen molar-refractivity contribution in [3.63, 3.8) is 0 Å². The van der Waals surface area contributed by atoms with Gasteiger partial charge >= 0.3 is 0 Å². The van der Waals surface area contributed by atoms with Gasteiger partial charge in [0.15, 0.2) is 0 Å². The van der Waals surface area contributed by atoms with E-state index in [1.165, 1.54) is 46.4 Å². The van der Waals surface area contributed by atoms with E-state index >= 15 is 0 Å². The molecule has 0 unspecified atom stereocenters. The second-order valence-electron chi connectivity index (χ2n) is 7.54. The van der Waals surface area contributed by atoms with Crippen LogP contribution < -0.4 is 38.3 Å². The Hall–Kier alpha value is -2.08. The van der Waals surface area contributed by atoms with E-state index < -0.39 is 0 Å². The summed E-state index contributed by atoms with van der Waals surface area (Å²) >= 11 is 0. The third-order valence-corrected chi connectivity index (χ3v) is 5.52. The number of hydrogen-bond acceptors (Lipinski definition) is 2. The Morgan fingerprint density at radius 2 is 1.61 bits per heavy atom. The molecule has 0 amide bonds. The minimum atomic E-state index is 0. The van der Waals surface area contributed by atoms with Crippen molar-refractivity contribution >= 4 is 34.4 Å². The smallest absolute Gasteiger partial charge is 0.214 e. The van der Waals surface area contributed by atoms with Gasteiger partial charge in [0, 0.05) is 51.1 Å². The highest BCUT2D eigenvalue weighted by atomic mass is 127. The topological polar surface area (TPSA) is 10.4 Å². The van der Waals surface area contributed by atoms with Crippen LogP contribution in [0.4, 0.5) is 11.4 Å². The van der Waals surface area contributed by atoms with Crippen LogP contribution in [0.15, 0.2) is 54.6 Å². The summed E-state index contributed by atoms with van der Waals surface area (Å²) in [4.78, 5) is 4.66. The molecule has 3 aromatic rings. The third-order valence-electron chi connectivity index (χ3n) is 5.52. The Bertz CT molecular complexity index is 971. The molecule has 0 atom stereocenters. The van der Waals surface area contributed by atoms with Crippen molar-refractivity contribution in [2.45, 2.75) is 12.8 Å². The first kappa shape index (κ1) is 20.6. The van der Waals surface area contributed by atoms with Gasteiger partial charge in [-0.3, -0.25) is 0 Å². The summed E-state index contributed by atoms with van der Waals surface area (Å²) in [6, 6.07) is 19.8. The van der Waals surface area contributed by atoms with Crippen LogP contribution in [0, 0.1) is 0 Å². The first-order valence-electron chi connectivity index (χ1n) is 9.76. The molecule has 0 aliphatic carbocycles. The maximum atomic E-state index is 2.53. The largest absolute Gasteiger partial charge is 1.00 e. The lowest BCUT2D eigenvalue weighted by atomic mass is 10.1. The second-order valence-corrected chi connectivity index (χ2v) is 7.54. The normalized spacial score (nSPS) is 13.9. The van der Waals surface area contributed by atoms with Crippen LogP contribution in [0.5, 0.6) is 0 Å². The Kier molecular flexibility index (Phi) is 6.60. The predicted molar refractivity (Wildman–Crippen MR) is 116 cm³/mol. The zero-order valence-corrected chi connectivity index (χ0v) is 19.1. The minimum Gasteiger partial charge on any atom is -1.00 e. The van der Waals surface area contributed by atoms with Gasteiger partial charge in [-0.25, -0.2) is 0 Å². The minimum absolute atomic E-state index is 0. The third kappa shape index (κ3) is 4.17. The van der Waals surface area contributed by atoms with Crippen molar-refractivity contribution in [2.75, 3.05) is 37.0 Å². The highest BCUT2D eigenvalue weighted by molar-refractivity contribution is 5.91. The monoisotopic (exact) mass is 485 g/mol. The Morgan fingerprint density at radius 1 is 0.929 bits per heavy atom. The van der Waals surface area contributed by atoms with E-state index in [4.69, 9.17) is 0 Å². The van der Waals surface area contributed by atoms with E-state index in [1.54, 1.807) is 0 Å². The summed E-state index contributed by atoms with van der Waals surface area (Å²) in [5.74, 6) is 0. The number of halogens is 1. The highest BCUT2D eigenvalue weighted by Crippen LogP contribution is 2.29. The average molecular weight is 485 g/mol. The fourth-order valence-electron chi connectivity index (χ4n) is 3.88. The zero-order chi connectivity index (χ0) is 18.8. The van der Waals surface area contributed by atoms with E-state index in [-0.39, 0.29) is 24.0 Å². The van der Waals surface area contributed by atoms with Gasteiger partial charge in [0.1, 0.15) is 7.05 Å². The predicted octanol–water partition coefficient (Wildman–Crippen LogP) is 1.50. The molecule has 1 aliphatic rings. The first-order valence-corrected chi connectivity index (χ1v) is 9.76. The highest BCUT2D eigenvalue weighted by Gasteiger charge is 2.20. The number of fused-ring (bicyclic) bond motifs is 1. The molecule has 0 spiro atoms. The molecule has 3 nitrogen and oxygen atoms in total. The molecule has 2 heterocycles. The Labute approximate surface area is 185 Å².